The fourth-order valence-electron chi connectivity index (χ4n) is 3.26. The summed E-state index contributed by atoms with van der Waals surface area (Å²) < 4.78 is 3.51. The van der Waals surface area contributed by atoms with Crippen LogP contribution < -0.4 is 0 Å². The zero-order valence-electron chi connectivity index (χ0n) is 12.7. The van der Waals surface area contributed by atoms with Gasteiger partial charge in [-0.3, -0.25) is 13.9 Å². The maximum Gasteiger partial charge on any atom is 0.274 e. The molecular weight excluding hydrogens is 314 g/mol. The Balaban J connectivity index is 1.74. The van der Waals surface area contributed by atoms with Gasteiger partial charge in [0.2, 0.25) is 0 Å². The summed E-state index contributed by atoms with van der Waals surface area (Å²) in [4.78, 5) is 19.2. The van der Waals surface area contributed by atoms with Crippen molar-refractivity contribution in [3.8, 4) is 0 Å². The van der Waals surface area contributed by atoms with E-state index in [9.17, 15) is 4.79 Å². The molecular formula is C16H16ClN5O. The fourth-order valence-corrected chi connectivity index (χ4v) is 3.52. The number of likely N-dealkylation sites (tertiary alicyclic amines) is 1. The van der Waals surface area contributed by atoms with Crippen LogP contribution in [0.4, 0.5) is 0 Å². The Morgan fingerprint density at radius 2 is 2.26 bits per heavy atom. The first-order chi connectivity index (χ1) is 11.1. The van der Waals surface area contributed by atoms with E-state index in [2.05, 4.69) is 10.1 Å². The van der Waals surface area contributed by atoms with Crippen molar-refractivity contribution in [2.75, 3.05) is 6.54 Å². The Morgan fingerprint density at radius 3 is 3.04 bits per heavy atom. The number of imidazole rings is 1. The van der Waals surface area contributed by atoms with Crippen LogP contribution in [0.15, 0.2) is 36.8 Å². The second-order valence-electron chi connectivity index (χ2n) is 5.78. The average Bonchev–Trinajstić information content (AvgIpc) is 3.23. The zero-order valence-corrected chi connectivity index (χ0v) is 13.4. The standard InChI is InChI=1S/C16H16ClN5O/c1-20-10-11(9-18-20)12-5-4-8-21(12)16(23)14-15(17)19-13-6-2-3-7-22(13)14/h2-3,6-7,9-10,12H,4-5,8H2,1H3/t12-/m0/s1. The van der Waals surface area contributed by atoms with Crippen molar-refractivity contribution < 1.29 is 4.79 Å². The highest BCUT2D eigenvalue weighted by Crippen LogP contribution is 2.34. The number of rotatable bonds is 2. The van der Waals surface area contributed by atoms with Gasteiger partial charge in [-0.15, -0.1) is 0 Å². The molecule has 4 rings (SSSR count). The number of carbonyl (C=O) groups is 1. The van der Waals surface area contributed by atoms with Crippen LogP contribution in [0.1, 0.15) is 34.9 Å². The normalized spacial score (nSPS) is 18.0. The maximum atomic E-state index is 13.1. The number of aromatic nitrogens is 4. The van der Waals surface area contributed by atoms with E-state index in [0.717, 1.165) is 24.9 Å². The molecule has 0 unspecified atom stereocenters. The molecule has 1 aliphatic rings. The fraction of sp³-hybridized carbons (Fsp3) is 0.312. The highest BCUT2D eigenvalue weighted by atomic mass is 35.5. The van der Waals surface area contributed by atoms with Crippen LogP contribution in [0.5, 0.6) is 0 Å². The number of amides is 1. The van der Waals surface area contributed by atoms with E-state index in [0.29, 0.717) is 11.3 Å². The lowest BCUT2D eigenvalue weighted by Crippen LogP contribution is -2.31. The lowest BCUT2D eigenvalue weighted by Gasteiger charge is -2.23. The van der Waals surface area contributed by atoms with Gasteiger partial charge in [0.15, 0.2) is 10.8 Å². The smallest absolute Gasteiger partial charge is 0.274 e. The summed E-state index contributed by atoms with van der Waals surface area (Å²) in [5.41, 5.74) is 2.17. The number of hydrogen-bond donors (Lipinski definition) is 0. The molecule has 0 spiro atoms. The number of nitrogens with zero attached hydrogens (tertiary/aromatic N) is 5. The van der Waals surface area contributed by atoms with Gasteiger partial charge in [0.25, 0.3) is 5.91 Å². The molecule has 1 saturated heterocycles. The molecule has 3 aromatic rings. The van der Waals surface area contributed by atoms with E-state index in [4.69, 9.17) is 11.6 Å². The van der Waals surface area contributed by atoms with Crippen LogP contribution in [-0.4, -0.2) is 36.5 Å². The van der Waals surface area contributed by atoms with Crippen molar-refractivity contribution in [2.24, 2.45) is 7.05 Å². The Hall–Kier alpha value is -2.34. The number of fused-ring (bicyclic) bond motifs is 1. The Bertz CT molecular complexity index is 884. The Kier molecular flexibility index (Phi) is 3.34. The molecule has 0 saturated carbocycles. The summed E-state index contributed by atoms with van der Waals surface area (Å²) in [5.74, 6) is -0.0833. The van der Waals surface area contributed by atoms with Crippen molar-refractivity contribution in [3.63, 3.8) is 0 Å². The van der Waals surface area contributed by atoms with Crippen LogP contribution in [0.25, 0.3) is 5.65 Å². The minimum absolute atomic E-state index is 0.0431. The molecule has 7 heteroatoms. The van der Waals surface area contributed by atoms with Crippen molar-refractivity contribution >= 4 is 23.2 Å². The third kappa shape index (κ3) is 2.30. The Labute approximate surface area is 138 Å². The predicted molar refractivity (Wildman–Crippen MR) is 86.4 cm³/mol. The van der Waals surface area contributed by atoms with Gasteiger partial charge in [-0.05, 0) is 25.0 Å². The Morgan fingerprint density at radius 1 is 1.39 bits per heavy atom. The second-order valence-corrected chi connectivity index (χ2v) is 6.14. The number of hydrogen-bond acceptors (Lipinski definition) is 3. The molecule has 0 radical (unpaired) electrons. The first-order valence-corrected chi connectivity index (χ1v) is 7.95. The summed E-state index contributed by atoms with van der Waals surface area (Å²) in [6.07, 6.45) is 7.51. The number of aryl methyl sites for hydroxylation is 1. The summed E-state index contributed by atoms with van der Waals surface area (Å²) in [5, 5.41) is 4.47. The van der Waals surface area contributed by atoms with E-state index >= 15 is 0 Å². The highest BCUT2D eigenvalue weighted by molar-refractivity contribution is 6.32. The van der Waals surface area contributed by atoms with Crippen molar-refractivity contribution in [2.45, 2.75) is 18.9 Å². The predicted octanol–water partition coefficient (Wildman–Crippen LogP) is 2.70. The summed E-state index contributed by atoms with van der Waals surface area (Å²) >= 11 is 6.24. The summed E-state index contributed by atoms with van der Waals surface area (Å²) in [6, 6.07) is 5.62. The third-order valence-electron chi connectivity index (χ3n) is 4.31. The van der Waals surface area contributed by atoms with Gasteiger partial charge in [0, 0.05) is 31.5 Å². The van der Waals surface area contributed by atoms with E-state index in [1.54, 1.807) is 9.08 Å². The molecule has 0 aromatic carbocycles. The first-order valence-electron chi connectivity index (χ1n) is 7.57. The maximum absolute atomic E-state index is 13.1. The van der Waals surface area contributed by atoms with E-state index < -0.39 is 0 Å². The third-order valence-corrected chi connectivity index (χ3v) is 4.58. The molecule has 1 fully saturated rings. The van der Waals surface area contributed by atoms with E-state index in [1.165, 1.54) is 0 Å². The van der Waals surface area contributed by atoms with Crippen molar-refractivity contribution in [3.05, 3.63) is 53.2 Å². The molecule has 0 N–H and O–H groups in total. The number of halogens is 1. The molecule has 118 valence electrons. The quantitative estimate of drug-likeness (QED) is 0.726. The van der Waals surface area contributed by atoms with Gasteiger partial charge in [-0.1, -0.05) is 17.7 Å². The molecule has 0 bridgehead atoms. The molecule has 4 heterocycles. The number of pyridine rings is 1. The summed E-state index contributed by atoms with van der Waals surface area (Å²) in [6.45, 7) is 0.717. The molecule has 6 nitrogen and oxygen atoms in total. The van der Waals surface area contributed by atoms with Gasteiger partial charge in [-0.25, -0.2) is 4.98 Å². The average molecular weight is 330 g/mol. The van der Waals surface area contributed by atoms with E-state index in [-0.39, 0.29) is 17.1 Å². The van der Waals surface area contributed by atoms with Gasteiger partial charge in [0.1, 0.15) is 5.65 Å². The topological polar surface area (TPSA) is 55.4 Å². The first kappa shape index (κ1) is 14.3. The molecule has 0 aliphatic carbocycles. The molecule has 23 heavy (non-hydrogen) atoms. The molecule has 1 amide bonds. The lowest BCUT2D eigenvalue weighted by molar-refractivity contribution is 0.0729. The SMILES string of the molecule is Cn1cc([C@@H]2CCCN2C(=O)c2c(Cl)nc3ccccn23)cn1. The van der Waals surface area contributed by atoms with Gasteiger partial charge < -0.3 is 4.90 Å². The summed E-state index contributed by atoms with van der Waals surface area (Å²) in [7, 11) is 1.88. The van der Waals surface area contributed by atoms with Crippen LogP contribution >= 0.6 is 11.6 Å². The van der Waals surface area contributed by atoms with Crippen molar-refractivity contribution in [1.29, 1.82) is 0 Å². The zero-order chi connectivity index (χ0) is 16.0. The molecule has 1 aliphatic heterocycles. The minimum Gasteiger partial charge on any atom is -0.330 e. The van der Waals surface area contributed by atoms with Gasteiger partial charge in [-0.2, -0.15) is 5.10 Å². The van der Waals surface area contributed by atoms with Gasteiger partial charge in [0.05, 0.1) is 12.2 Å². The van der Waals surface area contributed by atoms with E-state index in [1.807, 2.05) is 48.7 Å². The van der Waals surface area contributed by atoms with Crippen LogP contribution in [0.3, 0.4) is 0 Å². The van der Waals surface area contributed by atoms with Crippen LogP contribution in [0.2, 0.25) is 5.15 Å². The van der Waals surface area contributed by atoms with Gasteiger partial charge >= 0.3 is 0 Å². The molecule has 3 aromatic heterocycles. The van der Waals surface area contributed by atoms with Crippen molar-refractivity contribution in [1.82, 2.24) is 24.1 Å². The minimum atomic E-state index is -0.0833. The van der Waals surface area contributed by atoms with Crippen LogP contribution in [-0.2, 0) is 7.05 Å². The highest BCUT2D eigenvalue weighted by Gasteiger charge is 2.34. The lowest BCUT2D eigenvalue weighted by atomic mass is 10.1. The number of carbonyl (C=O) groups excluding carboxylic acids is 1. The second kappa shape index (κ2) is 5.38. The molecule has 1 atom stereocenters. The van der Waals surface area contributed by atoms with Crippen LogP contribution in [0, 0.1) is 0 Å². The largest absolute Gasteiger partial charge is 0.330 e. The monoisotopic (exact) mass is 329 g/mol.